The molecular formula is C52H101BrO4S6. The third kappa shape index (κ3) is 69.5. The molecule has 0 spiro atoms. The van der Waals surface area contributed by atoms with Crippen molar-refractivity contribution in [1.29, 1.82) is 0 Å². The normalized spacial score (nSPS) is 11.4. The summed E-state index contributed by atoms with van der Waals surface area (Å²) in [6.07, 6.45) is 49.6. The average Bonchev–Trinajstić information content (AvgIpc) is 3.26. The summed E-state index contributed by atoms with van der Waals surface area (Å²) >= 11 is 23.8. The van der Waals surface area contributed by atoms with Gasteiger partial charge in [-0.05, 0) is 76.0 Å². The molecule has 63 heavy (non-hydrogen) atoms. The van der Waals surface area contributed by atoms with Gasteiger partial charge >= 0.3 is 11.9 Å². The number of esters is 2. The van der Waals surface area contributed by atoms with Gasteiger partial charge in [-0.1, -0.05) is 273 Å². The van der Waals surface area contributed by atoms with Crippen molar-refractivity contribution < 1.29 is 19.1 Å². The van der Waals surface area contributed by atoms with Gasteiger partial charge in [0.25, 0.3) is 0 Å². The van der Waals surface area contributed by atoms with Crippen LogP contribution in [0.25, 0.3) is 0 Å². The predicted molar refractivity (Wildman–Crippen MR) is 305 cm³/mol. The number of carbonyl (C=O) groups excluding carboxylic acids is 2. The SMILES string of the molecule is CCCCCCCCCCCCCCCCCCOC(=O)C(C)Br.CCCCCCCCCCCCS.CCCCCCCCCCCCSC(=S)SC(C)C(=O)OCC.S=C=S. The van der Waals surface area contributed by atoms with Crippen LogP contribution in [0.15, 0.2) is 0 Å². The topological polar surface area (TPSA) is 52.6 Å². The zero-order valence-electron chi connectivity index (χ0n) is 41.9. The van der Waals surface area contributed by atoms with Gasteiger partial charge in [0.1, 0.15) is 13.6 Å². The van der Waals surface area contributed by atoms with Crippen LogP contribution >= 0.6 is 88.7 Å². The molecule has 0 aliphatic carbocycles. The highest BCUT2D eigenvalue weighted by Gasteiger charge is 2.16. The van der Waals surface area contributed by atoms with Crippen molar-refractivity contribution in [3.63, 3.8) is 0 Å². The number of unbranched alkanes of at least 4 members (excludes halogenated alkanes) is 33. The number of rotatable bonds is 42. The Morgan fingerprint density at radius 1 is 0.508 bits per heavy atom. The molecule has 0 radical (unpaired) electrons. The van der Waals surface area contributed by atoms with Crippen LogP contribution in [0, 0.1) is 0 Å². The van der Waals surface area contributed by atoms with Gasteiger partial charge in [0.2, 0.25) is 0 Å². The van der Waals surface area contributed by atoms with E-state index in [1.54, 1.807) is 18.7 Å². The van der Waals surface area contributed by atoms with Gasteiger partial charge in [0.05, 0.1) is 13.2 Å². The van der Waals surface area contributed by atoms with E-state index in [4.69, 9.17) is 21.7 Å². The Balaban J connectivity index is -0.000000417. The van der Waals surface area contributed by atoms with E-state index in [9.17, 15) is 9.59 Å². The first-order chi connectivity index (χ1) is 30.6. The molecule has 0 aliphatic rings. The van der Waals surface area contributed by atoms with Crippen LogP contribution in [0.3, 0.4) is 0 Å². The first-order valence-corrected chi connectivity index (χ1v) is 30.7. The lowest BCUT2D eigenvalue weighted by Crippen LogP contribution is -2.17. The Kier molecular flexibility index (Phi) is 72.4. The molecule has 0 aromatic carbocycles. The van der Waals surface area contributed by atoms with E-state index in [-0.39, 0.29) is 22.0 Å². The lowest BCUT2D eigenvalue weighted by atomic mass is 10.0. The molecule has 0 amide bonds. The molecule has 376 valence electrons. The van der Waals surface area contributed by atoms with Crippen LogP contribution in [0.5, 0.6) is 0 Å². The van der Waals surface area contributed by atoms with Gasteiger partial charge in [0.15, 0.2) is 0 Å². The average molecular weight is 1060 g/mol. The number of hydrogen-bond donors (Lipinski definition) is 1. The molecule has 4 nitrogen and oxygen atoms in total. The largest absolute Gasteiger partial charge is 0.465 e. The first kappa shape index (κ1) is 70.3. The van der Waals surface area contributed by atoms with Gasteiger partial charge < -0.3 is 9.47 Å². The fourth-order valence-electron chi connectivity index (χ4n) is 6.77. The van der Waals surface area contributed by atoms with Crippen molar-refractivity contribution in [2.24, 2.45) is 0 Å². The number of alkyl halides is 1. The van der Waals surface area contributed by atoms with E-state index in [1.807, 2.05) is 18.2 Å². The Morgan fingerprint density at radius 2 is 0.810 bits per heavy atom. The van der Waals surface area contributed by atoms with Crippen molar-refractivity contribution in [1.82, 2.24) is 0 Å². The number of halogens is 1. The van der Waals surface area contributed by atoms with Crippen LogP contribution < -0.4 is 0 Å². The second-order valence-corrected chi connectivity index (χ2v) is 23.0. The predicted octanol–water partition coefficient (Wildman–Crippen LogP) is 20.0. The summed E-state index contributed by atoms with van der Waals surface area (Å²) < 4.78 is 12.9. The molecule has 0 saturated carbocycles. The van der Waals surface area contributed by atoms with Crippen molar-refractivity contribution in [3.05, 3.63) is 0 Å². The van der Waals surface area contributed by atoms with E-state index < -0.39 is 0 Å². The van der Waals surface area contributed by atoms with Crippen molar-refractivity contribution in [2.75, 3.05) is 24.7 Å². The van der Waals surface area contributed by atoms with Crippen LogP contribution in [0.4, 0.5) is 0 Å². The van der Waals surface area contributed by atoms with Gasteiger partial charge in [-0.15, -0.1) is 11.8 Å². The monoisotopic (exact) mass is 1060 g/mol. The quantitative estimate of drug-likeness (QED) is 0.0212. The van der Waals surface area contributed by atoms with Crippen molar-refractivity contribution in [2.45, 2.75) is 283 Å². The molecule has 2 unspecified atom stereocenters. The molecule has 0 aromatic heterocycles. The molecule has 0 N–H and O–H groups in total. The summed E-state index contributed by atoms with van der Waals surface area (Å²) in [5, 5.41) is -0.192. The number of thiocarbonyl (C=S) groups is 3. The third-order valence-corrected chi connectivity index (χ3v) is 14.1. The number of thioether (sulfide) groups is 2. The molecule has 11 heteroatoms. The Morgan fingerprint density at radius 3 is 1.11 bits per heavy atom. The number of ether oxygens (including phenoxy) is 2. The van der Waals surface area contributed by atoms with Gasteiger partial charge in [-0.25, -0.2) is 0 Å². The van der Waals surface area contributed by atoms with E-state index in [2.05, 4.69) is 73.8 Å². The summed E-state index contributed by atoms with van der Waals surface area (Å²) in [6, 6.07) is 0. The summed E-state index contributed by atoms with van der Waals surface area (Å²) in [5.41, 5.74) is 0. The highest BCUT2D eigenvalue weighted by atomic mass is 79.9. The molecule has 2 atom stereocenters. The van der Waals surface area contributed by atoms with Crippen LogP contribution in [0.1, 0.15) is 273 Å². The zero-order chi connectivity index (χ0) is 47.7. The van der Waals surface area contributed by atoms with Gasteiger partial charge in [-0.2, -0.15) is 12.6 Å². The molecule has 0 aromatic rings. The Labute approximate surface area is 431 Å². The standard InChI is InChI=1S/C21H41BrO2.C18H34O2S3.C12H26S.CS2/c1-3-4-5-6-7-8-9-10-11-12-13-14-15-16-17-18-19-24-21(23)20(2)22;1-4-6-7-8-9-10-11-12-13-14-15-22-18(21)23-16(3)17(19)20-5-2;1-2-3-4-5-6-7-8-9-10-11-12-13;2-1-3/h20H,3-19H2,1-2H3;16H,4-15H2,1-3H3;13H,2-12H2,1H3;. The molecule has 0 heterocycles. The van der Waals surface area contributed by atoms with E-state index in [1.165, 1.54) is 236 Å². The molecular weight excluding hydrogens is 961 g/mol. The zero-order valence-corrected chi connectivity index (χ0v) is 48.5. The molecule has 0 rings (SSSR count). The maximum Gasteiger partial charge on any atom is 0.319 e. The highest BCUT2D eigenvalue weighted by Crippen LogP contribution is 2.24. The van der Waals surface area contributed by atoms with E-state index in [0.29, 0.717) is 13.2 Å². The minimum Gasteiger partial charge on any atom is -0.465 e. The van der Waals surface area contributed by atoms with Crippen molar-refractivity contribution >= 4 is 109 Å². The summed E-state index contributed by atoms with van der Waals surface area (Å²) in [7, 11) is 0. The minimum absolute atomic E-state index is 0.143. The second kappa shape index (κ2) is 64.9. The molecule has 0 fully saturated rings. The van der Waals surface area contributed by atoms with E-state index in [0.717, 1.165) is 21.5 Å². The lowest BCUT2D eigenvalue weighted by molar-refractivity contribution is -0.143. The maximum absolute atomic E-state index is 11.5. The number of hydrogen-bond acceptors (Lipinski definition) is 10. The molecule has 0 saturated heterocycles. The number of carbonyl (C=O) groups is 2. The number of thiol groups is 1. The molecule has 0 aliphatic heterocycles. The van der Waals surface area contributed by atoms with Crippen LogP contribution in [0.2, 0.25) is 0 Å². The van der Waals surface area contributed by atoms with E-state index >= 15 is 0 Å². The van der Waals surface area contributed by atoms with Crippen molar-refractivity contribution in [3.8, 4) is 0 Å². The molecule has 0 bridgehead atoms. The highest BCUT2D eigenvalue weighted by molar-refractivity contribution is 9.10. The summed E-state index contributed by atoms with van der Waals surface area (Å²) in [6.45, 7) is 13.3. The van der Waals surface area contributed by atoms with Gasteiger partial charge in [-0.3, -0.25) is 9.59 Å². The fraction of sp³-hybridized carbons (Fsp3) is 0.923. The minimum atomic E-state index is -0.192. The Hall–Kier alpha value is 0.780. The smallest absolute Gasteiger partial charge is 0.319 e. The summed E-state index contributed by atoms with van der Waals surface area (Å²) in [5.74, 6) is 1.82. The third-order valence-electron chi connectivity index (χ3n) is 10.7. The van der Waals surface area contributed by atoms with Crippen LogP contribution in [-0.4, -0.2) is 54.6 Å². The van der Waals surface area contributed by atoms with Crippen LogP contribution in [-0.2, 0) is 19.1 Å². The fourth-order valence-corrected chi connectivity index (χ4v) is 9.73. The second-order valence-electron chi connectivity index (χ2n) is 16.9. The maximum atomic E-state index is 11.5. The summed E-state index contributed by atoms with van der Waals surface area (Å²) in [4.78, 5) is 22.6. The Bertz CT molecular complexity index is 942. The van der Waals surface area contributed by atoms with Gasteiger partial charge in [0, 0.05) is 4.31 Å². The lowest BCUT2D eigenvalue weighted by Gasteiger charge is -2.10. The first-order valence-electron chi connectivity index (χ1n) is 26.0.